The minimum atomic E-state index is 0.155. The van der Waals surface area contributed by atoms with Gasteiger partial charge in [-0.05, 0) is 220 Å². The van der Waals surface area contributed by atoms with Gasteiger partial charge in [0.1, 0.15) is 30.8 Å². The molecular formula is C104H97N15O5. The monoisotopic (exact) mass is 1640 g/mol. The van der Waals surface area contributed by atoms with Crippen LogP contribution >= 0.6 is 0 Å². The van der Waals surface area contributed by atoms with Crippen LogP contribution in [0.5, 0.6) is 0 Å². The highest BCUT2D eigenvalue weighted by molar-refractivity contribution is 6.14. The Kier molecular flexibility index (Phi) is 19.5. The van der Waals surface area contributed by atoms with Crippen LogP contribution in [-0.4, -0.2) is 87.8 Å². The second-order valence-electron chi connectivity index (χ2n) is 33.1. The highest BCUT2D eigenvalue weighted by atomic mass is 16.4. The molecule has 9 aromatic carbocycles. The van der Waals surface area contributed by atoms with E-state index in [-0.39, 0.29) is 30.8 Å². The zero-order valence-corrected chi connectivity index (χ0v) is 72.3. The van der Waals surface area contributed by atoms with E-state index in [1.165, 1.54) is 67.6 Å². The highest BCUT2D eigenvalue weighted by Gasteiger charge is 2.40. The summed E-state index contributed by atoms with van der Waals surface area (Å²) in [4.78, 5) is 45.1. The Labute approximate surface area is 719 Å². The molecule has 5 aliphatic rings. The Balaban J connectivity index is 0.0000000984. The van der Waals surface area contributed by atoms with Crippen molar-refractivity contribution in [2.45, 2.75) is 120 Å². The maximum absolute atomic E-state index is 6.26. The van der Waals surface area contributed by atoms with Crippen molar-refractivity contribution in [3.05, 3.63) is 308 Å². The van der Waals surface area contributed by atoms with Crippen molar-refractivity contribution in [2.75, 3.05) is 65.2 Å². The lowest BCUT2D eigenvalue weighted by Crippen LogP contribution is -2.42. The van der Waals surface area contributed by atoms with Crippen LogP contribution < -0.4 is 44.1 Å². The molecule has 0 spiro atoms. The molecule has 19 aromatic rings. The van der Waals surface area contributed by atoms with Crippen molar-refractivity contribution in [1.29, 1.82) is 0 Å². The Morgan fingerprint density at radius 1 is 0.258 bits per heavy atom. The molecule has 124 heavy (non-hydrogen) atoms. The van der Waals surface area contributed by atoms with E-state index >= 15 is 0 Å². The van der Waals surface area contributed by atoms with Gasteiger partial charge in [0.15, 0.2) is 27.9 Å². The molecule has 10 aromatic heterocycles. The average Bonchev–Trinajstić information content (AvgIpc) is 1.58. The van der Waals surface area contributed by atoms with Gasteiger partial charge in [0.2, 0.25) is 28.6 Å². The zero-order valence-electron chi connectivity index (χ0n) is 72.3. The molecule has 20 nitrogen and oxygen atoms in total. The van der Waals surface area contributed by atoms with Gasteiger partial charge in [-0.1, -0.05) is 115 Å². The van der Waals surface area contributed by atoms with E-state index < -0.39 is 0 Å². The summed E-state index contributed by atoms with van der Waals surface area (Å²) in [5.41, 5.74) is 28.1. The first-order valence-corrected chi connectivity index (χ1v) is 42.5. The maximum atomic E-state index is 6.26. The number of benzene rings is 9. The van der Waals surface area contributed by atoms with Crippen LogP contribution in [0.1, 0.15) is 76.3 Å². The molecule has 0 saturated heterocycles. The van der Waals surface area contributed by atoms with Gasteiger partial charge in [0, 0.05) is 143 Å². The largest absolute Gasteiger partial charge is 0.435 e. The average molecular weight is 1640 g/mol. The SMILES string of the molecule is Cc1ccc2c(oc3ncccc32)c1N1C=CN(C)C1C.Cc1ccc2c(oc3ncccc32)c1N1C=CN(c2ccccc2)C1C.Cc1ccc2c(oc3ncccc32)c1N1c2ccccc2N(C(C)C)C1C.Cc1ccc2c(oc3ncccc32)c1N1c2ccccc2N(C)C1C.Cc1ccc2c(oc3ncccc32)c1N1c2ccccc2N(C)C1C. The van der Waals surface area contributed by atoms with Gasteiger partial charge >= 0.3 is 0 Å². The normalized spacial score (nSPS) is 17.1. The molecule has 0 N–H and O–H groups in total. The smallest absolute Gasteiger partial charge is 0.227 e. The Morgan fingerprint density at radius 3 is 0.879 bits per heavy atom. The number of para-hydroxylation sites is 7. The summed E-state index contributed by atoms with van der Waals surface area (Å²) in [6.07, 6.45) is 18.4. The maximum Gasteiger partial charge on any atom is 0.227 e. The Bertz CT molecular complexity index is 7230. The number of furan rings is 5. The molecule has 5 aliphatic heterocycles. The summed E-state index contributed by atoms with van der Waals surface area (Å²) in [5, 5.41) is 10.9. The lowest BCUT2D eigenvalue weighted by Gasteiger charge is -2.33. The molecule has 0 amide bonds. The summed E-state index contributed by atoms with van der Waals surface area (Å²) in [5.74, 6) is 0. The van der Waals surface area contributed by atoms with E-state index in [0.29, 0.717) is 34.6 Å². The van der Waals surface area contributed by atoms with Gasteiger partial charge in [-0.3, -0.25) is 0 Å². The first-order chi connectivity index (χ1) is 60.3. The number of pyridine rings is 5. The van der Waals surface area contributed by atoms with Crippen molar-refractivity contribution >= 4 is 179 Å². The number of aryl methyl sites for hydroxylation is 5. The Hall–Kier alpha value is -14.8. The van der Waals surface area contributed by atoms with Crippen LogP contribution in [0.15, 0.2) is 302 Å². The van der Waals surface area contributed by atoms with E-state index in [1.54, 1.807) is 31.0 Å². The van der Waals surface area contributed by atoms with Crippen LogP contribution in [0.25, 0.3) is 110 Å². The van der Waals surface area contributed by atoms with Crippen molar-refractivity contribution in [2.24, 2.45) is 0 Å². The quantitative estimate of drug-likeness (QED) is 0.148. The Morgan fingerprint density at radius 2 is 0.540 bits per heavy atom. The number of nitrogens with zero attached hydrogens (tertiary/aromatic N) is 15. The summed E-state index contributed by atoms with van der Waals surface area (Å²) in [7, 11) is 6.36. The standard InChI is InChI=1S/C23H23N3O.C22H19N3O.2C21H19N3O.C17H17N3O/c1-14(2)25-16(4)26(20-10-6-5-9-19(20)25)21-15(3)11-12-17-18-8-7-13-24-23(18)27-22(17)21;1-15-10-11-18-19-9-6-12-23-22(19)26-21(18)20(15)25-14-13-24(16(25)2)17-7-4-3-5-8-17;2*1-13-10-11-15-16-7-6-12-22-21(16)25-20(15)19(13)24-14(2)23(3)17-8-4-5-9-18(17)24;1-11-6-7-13-14-5-4-8-18-17(14)21-16(13)15(11)20-10-9-19(3)12(20)2/h5-14,16H,1-4H3;3-14,16H,1-2H3;2*4-12,14H,1-3H3;4-10,12H,1-3H3. The molecule has 0 saturated carbocycles. The fourth-order valence-electron chi connectivity index (χ4n) is 19.0. The first kappa shape index (κ1) is 77.8. The molecule has 20 heteroatoms. The van der Waals surface area contributed by atoms with E-state index in [9.17, 15) is 0 Å². The molecule has 0 bridgehead atoms. The third-order valence-electron chi connectivity index (χ3n) is 25.6. The van der Waals surface area contributed by atoms with E-state index in [4.69, 9.17) is 22.1 Å². The molecule has 618 valence electrons. The molecule has 0 radical (unpaired) electrons. The van der Waals surface area contributed by atoms with Crippen LogP contribution in [0.3, 0.4) is 0 Å². The fraction of sp³-hybridized carbons (Fsp3) is 0.202. The van der Waals surface area contributed by atoms with Crippen molar-refractivity contribution in [3.8, 4) is 0 Å². The third kappa shape index (κ3) is 12.7. The minimum Gasteiger partial charge on any atom is -0.435 e. The van der Waals surface area contributed by atoms with Gasteiger partial charge in [0.05, 0.1) is 62.6 Å². The van der Waals surface area contributed by atoms with Gasteiger partial charge in [-0.25, -0.2) is 24.9 Å². The van der Waals surface area contributed by atoms with Crippen LogP contribution in [0.4, 0.5) is 68.2 Å². The number of aromatic nitrogens is 5. The molecule has 5 unspecified atom stereocenters. The summed E-state index contributed by atoms with van der Waals surface area (Å²) in [6.45, 7) is 26.3. The summed E-state index contributed by atoms with van der Waals surface area (Å²) >= 11 is 0. The number of anilines is 12. The van der Waals surface area contributed by atoms with Gasteiger partial charge in [0.25, 0.3) is 0 Å². The molecule has 0 fully saturated rings. The van der Waals surface area contributed by atoms with Gasteiger partial charge in [-0.2, -0.15) is 0 Å². The minimum absolute atomic E-state index is 0.155. The van der Waals surface area contributed by atoms with Crippen LogP contribution in [0, 0.1) is 34.6 Å². The van der Waals surface area contributed by atoms with E-state index in [2.05, 4.69) is 391 Å². The first-order valence-electron chi connectivity index (χ1n) is 42.5. The van der Waals surface area contributed by atoms with Gasteiger partial charge in [-0.15, -0.1) is 0 Å². The second-order valence-corrected chi connectivity index (χ2v) is 33.1. The number of fused-ring (bicyclic) bond motifs is 18. The van der Waals surface area contributed by atoms with E-state index in [0.717, 1.165) is 110 Å². The third-order valence-corrected chi connectivity index (χ3v) is 25.6. The van der Waals surface area contributed by atoms with Gasteiger partial charge < -0.3 is 71.1 Å². The van der Waals surface area contributed by atoms with Crippen molar-refractivity contribution in [3.63, 3.8) is 0 Å². The molecule has 24 rings (SSSR count). The topological polar surface area (TPSA) is 163 Å². The summed E-state index contributed by atoms with van der Waals surface area (Å²) < 4.78 is 30.9. The second kappa shape index (κ2) is 31.0. The van der Waals surface area contributed by atoms with Crippen LogP contribution in [-0.2, 0) is 0 Å². The highest BCUT2D eigenvalue weighted by Crippen LogP contribution is 2.53. The van der Waals surface area contributed by atoms with Crippen molar-refractivity contribution < 1.29 is 22.1 Å². The number of hydrogen-bond donors (Lipinski definition) is 0. The lowest BCUT2D eigenvalue weighted by atomic mass is 10.1. The zero-order chi connectivity index (χ0) is 85.2. The predicted molar refractivity (Wildman–Crippen MR) is 509 cm³/mol. The van der Waals surface area contributed by atoms with E-state index in [1.807, 2.05) is 36.4 Å². The molecule has 0 aliphatic carbocycles. The molecular weight excluding hydrogens is 1540 g/mol. The summed E-state index contributed by atoms with van der Waals surface area (Å²) in [6, 6.07) is 78.1. The number of rotatable bonds is 7. The predicted octanol–water partition coefficient (Wildman–Crippen LogP) is 25.7. The van der Waals surface area contributed by atoms with Crippen LogP contribution in [0.2, 0.25) is 0 Å². The number of hydrogen-bond acceptors (Lipinski definition) is 20. The molecule has 15 heterocycles. The van der Waals surface area contributed by atoms with Crippen molar-refractivity contribution in [1.82, 2.24) is 29.8 Å². The fourth-order valence-corrected chi connectivity index (χ4v) is 19.0. The lowest BCUT2D eigenvalue weighted by molar-refractivity contribution is 0.383. The molecule has 5 atom stereocenters.